The summed E-state index contributed by atoms with van der Waals surface area (Å²) >= 11 is 3.45. The van der Waals surface area contributed by atoms with Crippen LogP contribution in [0.15, 0.2) is 51.7 Å². The molecule has 0 aliphatic carbocycles. The van der Waals surface area contributed by atoms with Gasteiger partial charge in [-0.05, 0) is 56.2 Å². The molecule has 0 aliphatic heterocycles. The van der Waals surface area contributed by atoms with Crippen molar-refractivity contribution in [3.8, 4) is 17.1 Å². The number of alkyl halides is 1. The Balaban J connectivity index is 1.69. The van der Waals surface area contributed by atoms with Crippen molar-refractivity contribution in [3.63, 3.8) is 0 Å². The summed E-state index contributed by atoms with van der Waals surface area (Å²) in [6, 6.07) is 11.3. The standard InChI is InChI=1S/C24H26BrFO3/c1-17-23(27)21-13-12-20(28-15-7-5-3-2-4-6-14-25)16-22(21)29-24(17)18-8-10-19(26)11-9-18/h8-13,16H,2-7,14-15H2,1H3. The van der Waals surface area contributed by atoms with E-state index < -0.39 is 0 Å². The van der Waals surface area contributed by atoms with Crippen molar-refractivity contribution < 1.29 is 13.5 Å². The average Bonchev–Trinajstić information content (AvgIpc) is 2.73. The second-order valence-electron chi connectivity index (χ2n) is 7.21. The van der Waals surface area contributed by atoms with Gasteiger partial charge in [-0.2, -0.15) is 0 Å². The van der Waals surface area contributed by atoms with Crippen molar-refractivity contribution >= 4 is 26.9 Å². The maximum Gasteiger partial charge on any atom is 0.196 e. The van der Waals surface area contributed by atoms with Crippen LogP contribution in [-0.4, -0.2) is 11.9 Å². The Morgan fingerprint density at radius 2 is 1.66 bits per heavy atom. The summed E-state index contributed by atoms with van der Waals surface area (Å²) in [6.45, 7) is 2.37. The minimum absolute atomic E-state index is 0.0828. The van der Waals surface area contributed by atoms with Crippen LogP contribution in [0.5, 0.6) is 5.75 Å². The topological polar surface area (TPSA) is 39.4 Å². The predicted molar refractivity (Wildman–Crippen MR) is 120 cm³/mol. The second-order valence-corrected chi connectivity index (χ2v) is 8.00. The van der Waals surface area contributed by atoms with Crippen molar-refractivity contribution in [2.45, 2.75) is 45.4 Å². The first-order valence-corrected chi connectivity index (χ1v) is 11.2. The molecule has 3 rings (SSSR count). The molecule has 2 aromatic carbocycles. The predicted octanol–water partition coefficient (Wildman–Crippen LogP) is 7.02. The minimum Gasteiger partial charge on any atom is -0.493 e. The van der Waals surface area contributed by atoms with E-state index in [1.54, 1.807) is 31.2 Å². The van der Waals surface area contributed by atoms with E-state index in [1.807, 2.05) is 6.07 Å². The summed E-state index contributed by atoms with van der Waals surface area (Å²) in [4.78, 5) is 12.7. The van der Waals surface area contributed by atoms with Crippen LogP contribution in [0.1, 0.15) is 44.1 Å². The number of ether oxygens (including phenoxy) is 1. The van der Waals surface area contributed by atoms with Gasteiger partial charge in [0.1, 0.15) is 22.9 Å². The van der Waals surface area contributed by atoms with Gasteiger partial charge in [0.05, 0.1) is 12.0 Å². The van der Waals surface area contributed by atoms with Crippen LogP contribution in [0.3, 0.4) is 0 Å². The van der Waals surface area contributed by atoms with Crippen LogP contribution >= 0.6 is 15.9 Å². The van der Waals surface area contributed by atoms with Gasteiger partial charge in [0.15, 0.2) is 5.43 Å². The van der Waals surface area contributed by atoms with E-state index in [4.69, 9.17) is 9.15 Å². The van der Waals surface area contributed by atoms with Crippen LogP contribution in [0.25, 0.3) is 22.3 Å². The molecule has 154 valence electrons. The highest BCUT2D eigenvalue weighted by Crippen LogP contribution is 2.28. The monoisotopic (exact) mass is 460 g/mol. The smallest absolute Gasteiger partial charge is 0.196 e. The Kier molecular flexibility index (Phi) is 7.87. The van der Waals surface area contributed by atoms with Gasteiger partial charge in [-0.15, -0.1) is 0 Å². The third-order valence-electron chi connectivity index (χ3n) is 4.99. The molecule has 5 heteroatoms. The number of rotatable bonds is 10. The van der Waals surface area contributed by atoms with Gasteiger partial charge in [0.2, 0.25) is 0 Å². The quantitative estimate of drug-likeness (QED) is 0.241. The Morgan fingerprint density at radius 3 is 2.38 bits per heavy atom. The van der Waals surface area contributed by atoms with Crippen LogP contribution in [0.2, 0.25) is 0 Å². The number of fused-ring (bicyclic) bond motifs is 1. The van der Waals surface area contributed by atoms with E-state index in [0.29, 0.717) is 40.2 Å². The molecule has 0 saturated heterocycles. The lowest BCUT2D eigenvalue weighted by atomic mass is 10.1. The minimum atomic E-state index is -0.326. The molecule has 0 fully saturated rings. The molecule has 0 bridgehead atoms. The number of benzene rings is 2. The van der Waals surface area contributed by atoms with E-state index >= 15 is 0 Å². The lowest BCUT2D eigenvalue weighted by Gasteiger charge is -2.10. The first kappa shape index (κ1) is 21.6. The number of hydrogen-bond donors (Lipinski definition) is 0. The van der Waals surface area contributed by atoms with E-state index in [2.05, 4.69) is 15.9 Å². The summed E-state index contributed by atoms with van der Waals surface area (Å²) in [7, 11) is 0. The molecule has 0 radical (unpaired) electrons. The SMILES string of the molecule is Cc1c(-c2ccc(F)cc2)oc2cc(OCCCCCCCCBr)ccc2c1=O. The number of halogens is 2. The molecule has 29 heavy (non-hydrogen) atoms. The molecule has 0 aliphatic rings. The molecule has 0 atom stereocenters. The van der Waals surface area contributed by atoms with Gasteiger partial charge in [-0.25, -0.2) is 4.39 Å². The first-order chi connectivity index (χ1) is 14.1. The van der Waals surface area contributed by atoms with E-state index in [9.17, 15) is 9.18 Å². The lowest BCUT2D eigenvalue weighted by molar-refractivity contribution is 0.304. The molecule has 0 saturated carbocycles. The highest BCUT2D eigenvalue weighted by atomic mass is 79.9. The summed E-state index contributed by atoms with van der Waals surface area (Å²) in [5, 5.41) is 1.60. The Bertz CT molecular complexity index is 995. The van der Waals surface area contributed by atoms with Gasteiger partial charge in [-0.1, -0.05) is 41.6 Å². The molecule has 0 unspecified atom stereocenters. The normalized spacial score (nSPS) is 11.1. The first-order valence-electron chi connectivity index (χ1n) is 10.1. The zero-order valence-electron chi connectivity index (χ0n) is 16.7. The summed E-state index contributed by atoms with van der Waals surface area (Å²) in [5.74, 6) is 0.824. The fourth-order valence-electron chi connectivity index (χ4n) is 3.33. The highest BCUT2D eigenvalue weighted by molar-refractivity contribution is 9.09. The lowest BCUT2D eigenvalue weighted by Crippen LogP contribution is -2.07. The Labute approximate surface area is 179 Å². The zero-order valence-corrected chi connectivity index (χ0v) is 18.3. The Hall–Kier alpha value is -2.14. The molecular formula is C24H26BrFO3. The van der Waals surface area contributed by atoms with Gasteiger partial charge < -0.3 is 9.15 Å². The maximum absolute atomic E-state index is 13.2. The summed E-state index contributed by atoms with van der Waals surface area (Å²) in [6.07, 6.45) is 7.15. The summed E-state index contributed by atoms with van der Waals surface area (Å²) < 4.78 is 25.1. The number of unbranched alkanes of at least 4 members (excludes halogenated alkanes) is 5. The average molecular weight is 461 g/mol. The molecule has 1 aromatic heterocycles. The molecule has 0 amide bonds. The highest BCUT2D eigenvalue weighted by Gasteiger charge is 2.13. The third kappa shape index (κ3) is 5.69. The summed E-state index contributed by atoms with van der Waals surface area (Å²) in [5.41, 5.74) is 1.58. The third-order valence-corrected chi connectivity index (χ3v) is 5.55. The molecule has 3 nitrogen and oxygen atoms in total. The molecule has 3 aromatic rings. The number of hydrogen-bond acceptors (Lipinski definition) is 3. The van der Waals surface area contributed by atoms with Gasteiger partial charge in [0.25, 0.3) is 0 Å². The van der Waals surface area contributed by atoms with Crippen molar-refractivity contribution in [1.29, 1.82) is 0 Å². The van der Waals surface area contributed by atoms with Gasteiger partial charge in [0, 0.05) is 22.5 Å². The molecule has 0 spiro atoms. The van der Waals surface area contributed by atoms with Crippen molar-refractivity contribution in [2.24, 2.45) is 0 Å². The second kappa shape index (κ2) is 10.6. The van der Waals surface area contributed by atoms with Crippen LogP contribution < -0.4 is 10.2 Å². The van der Waals surface area contributed by atoms with E-state index in [-0.39, 0.29) is 11.2 Å². The van der Waals surface area contributed by atoms with Crippen LogP contribution in [0.4, 0.5) is 4.39 Å². The molecule has 1 heterocycles. The fraction of sp³-hybridized carbons (Fsp3) is 0.375. The fourth-order valence-corrected chi connectivity index (χ4v) is 3.72. The zero-order chi connectivity index (χ0) is 20.6. The van der Waals surface area contributed by atoms with Crippen molar-refractivity contribution in [2.75, 3.05) is 11.9 Å². The van der Waals surface area contributed by atoms with Crippen LogP contribution in [0, 0.1) is 12.7 Å². The maximum atomic E-state index is 13.2. The molecule has 0 N–H and O–H groups in total. The molecular weight excluding hydrogens is 435 g/mol. The largest absolute Gasteiger partial charge is 0.493 e. The van der Waals surface area contributed by atoms with E-state index in [1.165, 1.54) is 37.8 Å². The van der Waals surface area contributed by atoms with Gasteiger partial charge in [-0.3, -0.25) is 4.79 Å². The van der Waals surface area contributed by atoms with Crippen LogP contribution in [-0.2, 0) is 0 Å². The van der Waals surface area contributed by atoms with E-state index in [0.717, 1.165) is 18.2 Å². The van der Waals surface area contributed by atoms with Gasteiger partial charge >= 0.3 is 0 Å². The van der Waals surface area contributed by atoms with Crippen molar-refractivity contribution in [1.82, 2.24) is 0 Å². The Morgan fingerprint density at radius 1 is 0.966 bits per heavy atom. The van der Waals surface area contributed by atoms with Crippen molar-refractivity contribution in [3.05, 3.63) is 64.1 Å².